The molecule has 7 nitrogen and oxygen atoms in total. The molecule has 1 atom stereocenters. The van der Waals surface area contributed by atoms with Crippen LogP contribution in [0.25, 0.3) is 6.08 Å². The molecule has 2 rings (SSSR count). The monoisotopic (exact) mass is 426 g/mol. The Kier molecular flexibility index (Phi) is 8.34. The number of nitrogens with zero attached hydrogens (tertiary/aromatic N) is 1. The van der Waals surface area contributed by atoms with E-state index in [0.29, 0.717) is 5.56 Å². The third-order valence-corrected chi connectivity index (χ3v) is 4.65. The van der Waals surface area contributed by atoms with Gasteiger partial charge >= 0.3 is 6.61 Å². The maximum absolute atomic E-state index is 12.4. The summed E-state index contributed by atoms with van der Waals surface area (Å²) >= 11 is 0.767. The van der Waals surface area contributed by atoms with E-state index in [0.717, 1.165) is 16.7 Å². The van der Waals surface area contributed by atoms with Gasteiger partial charge in [0.2, 0.25) is 5.91 Å². The van der Waals surface area contributed by atoms with Crippen molar-refractivity contribution in [3.05, 3.63) is 47.4 Å². The van der Waals surface area contributed by atoms with Crippen LogP contribution in [0.2, 0.25) is 0 Å². The van der Waals surface area contributed by atoms with Gasteiger partial charge < -0.3 is 14.8 Å². The van der Waals surface area contributed by atoms with Gasteiger partial charge in [-0.15, -0.1) is 6.58 Å². The molecule has 0 radical (unpaired) electrons. The number of amides is 3. The van der Waals surface area contributed by atoms with Crippen LogP contribution in [0.15, 0.2) is 41.8 Å². The number of carbonyl (C=O) groups is 3. The minimum absolute atomic E-state index is 0.00713. The first kappa shape index (κ1) is 22.6. The second-order valence-corrected chi connectivity index (χ2v) is 6.83. The molecule has 0 aromatic heterocycles. The van der Waals surface area contributed by atoms with Crippen LogP contribution in [-0.2, 0) is 14.3 Å². The molecule has 1 aromatic carbocycles. The lowest BCUT2D eigenvalue weighted by Gasteiger charge is -2.15. The van der Waals surface area contributed by atoms with E-state index in [2.05, 4.69) is 16.6 Å². The first-order valence-corrected chi connectivity index (χ1v) is 9.44. The molecule has 1 unspecified atom stereocenters. The molecule has 156 valence electrons. The first-order chi connectivity index (χ1) is 13.8. The van der Waals surface area contributed by atoms with Crippen molar-refractivity contribution in [2.45, 2.75) is 19.6 Å². The summed E-state index contributed by atoms with van der Waals surface area (Å²) in [6, 6.07) is 5.67. The number of imide groups is 1. The van der Waals surface area contributed by atoms with Crippen molar-refractivity contribution < 1.29 is 32.6 Å². The van der Waals surface area contributed by atoms with Crippen molar-refractivity contribution >= 4 is 34.9 Å². The summed E-state index contributed by atoms with van der Waals surface area (Å²) in [5.41, 5.74) is 0.554. The highest BCUT2D eigenvalue weighted by Crippen LogP contribution is 2.32. The van der Waals surface area contributed by atoms with Crippen LogP contribution in [-0.4, -0.2) is 54.4 Å². The van der Waals surface area contributed by atoms with E-state index < -0.39 is 23.9 Å². The number of alkyl halides is 2. The molecular weight excluding hydrogens is 406 g/mol. The van der Waals surface area contributed by atoms with Crippen molar-refractivity contribution in [1.82, 2.24) is 10.2 Å². The van der Waals surface area contributed by atoms with Gasteiger partial charge in [-0.1, -0.05) is 18.2 Å². The quantitative estimate of drug-likeness (QED) is 0.457. The molecule has 0 bridgehead atoms. The van der Waals surface area contributed by atoms with E-state index in [-0.39, 0.29) is 36.3 Å². The molecule has 1 aliphatic rings. The number of carbonyl (C=O) groups excluding carboxylic acids is 3. The summed E-state index contributed by atoms with van der Waals surface area (Å²) < 4.78 is 33.8. The molecule has 1 aliphatic heterocycles. The Labute approximate surface area is 170 Å². The summed E-state index contributed by atoms with van der Waals surface area (Å²) in [6.45, 7) is 2.49. The van der Waals surface area contributed by atoms with Gasteiger partial charge in [0, 0.05) is 13.1 Å². The zero-order valence-electron chi connectivity index (χ0n) is 15.6. The molecule has 0 saturated carbocycles. The van der Waals surface area contributed by atoms with Crippen molar-refractivity contribution in [2.75, 3.05) is 19.7 Å². The lowest BCUT2D eigenvalue weighted by atomic mass is 10.2. The number of hydrogen-bond acceptors (Lipinski definition) is 6. The minimum Gasteiger partial charge on any atom is -0.435 e. The summed E-state index contributed by atoms with van der Waals surface area (Å²) in [4.78, 5) is 37.6. The third kappa shape index (κ3) is 6.68. The van der Waals surface area contributed by atoms with Gasteiger partial charge in [-0.05, 0) is 42.5 Å². The number of halogens is 2. The highest BCUT2D eigenvalue weighted by molar-refractivity contribution is 8.18. The number of rotatable bonds is 10. The van der Waals surface area contributed by atoms with E-state index in [4.69, 9.17) is 4.74 Å². The number of benzene rings is 1. The van der Waals surface area contributed by atoms with Crippen LogP contribution < -0.4 is 10.1 Å². The van der Waals surface area contributed by atoms with Gasteiger partial charge in [-0.3, -0.25) is 19.3 Å². The van der Waals surface area contributed by atoms with E-state index in [1.54, 1.807) is 6.92 Å². The fourth-order valence-corrected chi connectivity index (χ4v) is 3.18. The summed E-state index contributed by atoms with van der Waals surface area (Å²) in [5.74, 6) is -0.856. The van der Waals surface area contributed by atoms with Crippen LogP contribution >= 0.6 is 11.8 Å². The lowest BCUT2D eigenvalue weighted by molar-refractivity contribution is -0.131. The Morgan fingerprint density at radius 3 is 2.62 bits per heavy atom. The predicted molar refractivity (Wildman–Crippen MR) is 104 cm³/mol. The predicted octanol–water partition coefficient (Wildman–Crippen LogP) is 3.03. The molecule has 1 heterocycles. The number of nitrogens with one attached hydrogen (secondary N) is 1. The van der Waals surface area contributed by atoms with Gasteiger partial charge in [0.25, 0.3) is 11.1 Å². The molecule has 29 heavy (non-hydrogen) atoms. The molecule has 3 amide bonds. The van der Waals surface area contributed by atoms with Gasteiger partial charge in [0.1, 0.15) is 11.9 Å². The van der Waals surface area contributed by atoms with Crippen molar-refractivity contribution in [1.29, 1.82) is 0 Å². The average Bonchev–Trinajstić information content (AvgIpc) is 2.94. The zero-order chi connectivity index (χ0) is 21.4. The topological polar surface area (TPSA) is 84.9 Å². The standard InChI is InChI=1S/C19H20F2N2O5S/c1-3-10-27-12(2)16(24)22-8-9-23-17(25)15(29-19(23)26)11-13-4-6-14(7-5-13)28-18(20)21/h3-7,11-12,18H,1,8-10H2,2H3,(H,22,24)/b15-11+. The van der Waals surface area contributed by atoms with Crippen molar-refractivity contribution in [3.63, 3.8) is 0 Å². The summed E-state index contributed by atoms with van der Waals surface area (Å²) in [6.07, 6.45) is 2.33. The van der Waals surface area contributed by atoms with Crippen molar-refractivity contribution in [3.8, 4) is 5.75 Å². The molecule has 1 saturated heterocycles. The average molecular weight is 426 g/mol. The summed E-state index contributed by atoms with van der Waals surface area (Å²) in [5, 5.41) is 2.14. The van der Waals surface area contributed by atoms with Gasteiger partial charge in [-0.2, -0.15) is 8.78 Å². The Morgan fingerprint density at radius 2 is 2.00 bits per heavy atom. The maximum atomic E-state index is 12.4. The number of thioether (sulfide) groups is 1. The second kappa shape index (κ2) is 10.7. The molecule has 1 N–H and O–H groups in total. The third-order valence-electron chi connectivity index (χ3n) is 3.74. The van der Waals surface area contributed by atoms with E-state index in [9.17, 15) is 23.2 Å². The van der Waals surface area contributed by atoms with Crippen LogP contribution in [0.5, 0.6) is 5.75 Å². The van der Waals surface area contributed by atoms with E-state index in [1.165, 1.54) is 36.4 Å². The van der Waals surface area contributed by atoms with Crippen LogP contribution in [0, 0.1) is 0 Å². The Hall–Kier alpha value is -2.72. The van der Waals surface area contributed by atoms with Gasteiger partial charge in [0.15, 0.2) is 0 Å². The molecule has 1 aromatic rings. The molecule has 0 spiro atoms. The molecule has 1 fully saturated rings. The number of hydrogen-bond donors (Lipinski definition) is 1. The van der Waals surface area contributed by atoms with Gasteiger partial charge in [-0.25, -0.2) is 0 Å². The number of ether oxygens (including phenoxy) is 2. The highest BCUT2D eigenvalue weighted by Gasteiger charge is 2.34. The fourth-order valence-electron chi connectivity index (χ4n) is 2.31. The van der Waals surface area contributed by atoms with Crippen LogP contribution in [0.1, 0.15) is 12.5 Å². The second-order valence-electron chi connectivity index (χ2n) is 5.84. The molecule has 10 heteroatoms. The zero-order valence-corrected chi connectivity index (χ0v) is 16.4. The van der Waals surface area contributed by atoms with Crippen LogP contribution in [0.3, 0.4) is 0 Å². The fraction of sp³-hybridized carbons (Fsp3) is 0.316. The normalized spacial score (nSPS) is 16.4. The maximum Gasteiger partial charge on any atom is 0.387 e. The minimum atomic E-state index is -2.92. The van der Waals surface area contributed by atoms with Crippen molar-refractivity contribution in [2.24, 2.45) is 0 Å². The van der Waals surface area contributed by atoms with Gasteiger partial charge in [0.05, 0.1) is 11.5 Å². The van der Waals surface area contributed by atoms with E-state index >= 15 is 0 Å². The summed E-state index contributed by atoms with van der Waals surface area (Å²) in [7, 11) is 0. The Balaban J connectivity index is 1.91. The smallest absolute Gasteiger partial charge is 0.387 e. The molecule has 0 aliphatic carbocycles. The lowest BCUT2D eigenvalue weighted by Crippen LogP contribution is -2.41. The van der Waals surface area contributed by atoms with E-state index in [1.807, 2.05) is 0 Å². The highest BCUT2D eigenvalue weighted by atomic mass is 32.2. The molecular formula is C19H20F2N2O5S. The largest absolute Gasteiger partial charge is 0.435 e. The Morgan fingerprint density at radius 1 is 1.31 bits per heavy atom. The Bertz CT molecular complexity index is 798. The first-order valence-electron chi connectivity index (χ1n) is 8.62. The SMILES string of the molecule is C=CCOC(C)C(=O)NCCN1C(=O)S/C(=C/c2ccc(OC(F)F)cc2)C1=O. The van der Waals surface area contributed by atoms with Crippen LogP contribution in [0.4, 0.5) is 13.6 Å².